The molecule has 0 bridgehead atoms. The van der Waals surface area contributed by atoms with Crippen LogP contribution in [0.15, 0.2) is 34.2 Å². The Labute approximate surface area is 161 Å². The van der Waals surface area contributed by atoms with Gasteiger partial charge in [0.2, 0.25) is 5.91 Å². The van der Waals surface area contributed by atoms with Crippen molar-refractivity contribution in [3.8, 4) is 0 Å². The largest absolute Gasteiger partial charge is 0.325 e. The van der Waals surface area contributed by atoms with Crippen LogP contribution in [0.1, 0.15) is 25.1 Å². The van der Waals surface area contributed by atoms with Crippen molar-refractivity contribution in [3.05, 3.63) is 50.9 Å². The maximum absolute atomic E-state index is 12.4. The molecule has 1 aromatic heterocycles. The Hall–Kier alpha value is -1.83. The molecular weight excluding hydrogens is 372 g/mol. The first-order chi connectivity index (χ1) is 12.4. The lowest BCUT2D eigenvalue weighted by Crippen LogP contribution is -2.39. The molecule has 0 atom stereocenters. The molecule has 0 saturated heterocycles. The molecule has 1 aliphatic heterocycles. The number of amides is 1. The highest BCUT2D eigenvalue weighted by Gasteiger charge is 2.22. The predicted octanol–water partition coefficient (Wildman–Crippen LogP) is 2.92. The van der Waals surface area contributed by atoms with Gasteiger partial charge in [0.25, 0.3) is 5.56 Å². The van der Waals surface area contributed by atoms with Gasteiger partial charge in [0, 0.05) is 36.3 Å². The summed E-state index contributed by atoms with van der Waals surface area (Å²) in [5.74, 6) is -0.0181. The number of nitrogens with zero attached hydrogens (tertiary/aromatic N) is 2. The van der Waals surface area contributed by atoms with Crippen molar-refractivity contribution in [2.75, 3.05) is 17.6 Å². The summed E-state index contributed by atoms with van der Waals surface area (Å²) in [5, 5.41) is 3.82. The Balaban J connectivity index is 1.63. The number of anilines is 1. The molecule has 2 aromatic rings. The van der Waals surface area contributed by atoms with Crippen LogP contribution in [0.3, 0.4) is 0 Å². The lowest BCUT2D eigenvalue weighted by molar-refractivity contribution is -0.113. The third kappa shape index (κ3) is 4.66. The van der Waals surface area contributed by atoms with Crippen LogP contribution < -0.4 is 10.9 Å². The van der Waals surface area contributed by atoms with Crippen molar-refractivity contribution in [1.29, 1.82) is 0 Å². The number of H-pyrrole nitrogens is 1. The molecule has 26 heavy (non-hydrogen) atoms. The second-order valence-electron chi connectivity index (χ2n) is 6.46. The van der Waals surface area contributed by atoms with E-state index in [1.54, 1.807) is 24.3 Å². The summed E-state index contributed by atoms with van der Waals surface area (Å²) in [6, 6.07) is 7.37. The van der Waals surface area contributed by atoms with Gasteiger partial charge in [-0.3, -0.25) is 14.5 Å². The normalized spacial score (nSPS) is 14.3. The van der Waals surface area contributed by atoms with Gasteiger partial charge in [0.1, 0.15) is 0 Å². The van der Waals surface area contributed by atoms with Gasteiger partial charge in [0.05, 0.1) is 17.0 Å². The maximum atomic E-state index is 12.4. The number of thioether (sulfide) groups is 1. The van der Waals surface area contributed by atoms with Crippen LogP contribution >= 0.6 is 23.4 Å². The summed E-state index contributed by atoms with van der Waals surface area (Å²) in [6.07, 6.45) is 0.750. The molecule has 0 saturated carbocycles. The van der Waals surface area contributed by atoms with E-state index in [2.05, 4.69) is 34.0 Å². The van der Waals surface area contributed by atoms with E-state index < -0.39 is 0 Å². The molecule has 0 radical (unpaired) electrons. The van der Waals surface area contributed by atoms with Gasteiger partial charge in [-0.1, -0.05) is 29.4 Å². The zero-order chi connectivity index (χ0) is 18.7. The van der Waals surface area contributed by atoms with E-state index in [0.29, 0.717) is 28.5 Å². The molecule has 138 valence electrons. The average molecular weight is 393 g/mol. The van der Waals surface area contributed by atoms with E-state index in [1.807, 2.05) is 0 Å². The SMILES string of the molecule is CC(C)N1CCc2nc(SCC(=O)Nc3cccc(Cl)c3)[nH]c(=O)c2C1. The molecule has 0 unspecified atom stereocenters. The fraction of sp³-hybridized carbons (Fsp3) is 0.389. The fourth-order valence-electron chi connectivity index (χ4n) is 2.83. The van der Waals surface area contributed by atoms with E-state index >= 15 is 0 Å². The predicted molar refractivity (Wildman–Crippen MR) is 105 cm³/mol. The molecule has 3 rings (SSSR count). The number of hydrogen-bond donors (Lipinski definition) is 2. The first-order valence-electron chi connectivity index (χ1n) is 8.46. The van der Waals surface area contributed by atoms with Gasteiger partial charge in [-0.05, 0) is 32.0 Å². The summed E-state index contributed by atoms with van der Waals surface area (Å²) in [4.78, 5) is 34.0. The number of carbonyl (C=O) groups is 1. The number of rotatable bonds is 5. The number of aromatic nitrogens is 2. The minimum Gasteiger partial charge on any atom is -0.325 e. The summed E-state index contributed by atoms with van der Waals surface area (Å²) >= 11 is 7.13. The molecule has 0 fully saturated rings. The number of halogens is 1. The third-order valence-electron chi connectivity index (χ3n) is 4.26. The van der Waals surface area contributed by atoms with Gasteiger partial charge < -0.3 is 10.3 Å². The summed E-state index contributed by atoms with van der Waals surface area (Å²) in [7, 11) is 0. The van der Waals surface area contributed by atoms with Crippen LogP contribution in [0.25, 0.3) is 0 Å². The summed E-state index contributed by atoms with van der Waals surface area (Å²) < 4.78 is 0. The van der Waals surface area contributed by atoms with Crippen LogP contribution in [0.5, 0.6) is 0 Å². The number of hydrogen-bond acceptors (Lipinski definition) is 5. The zero-order valence-electron chi connectivity index (χ0n) is 14.7. The van der Waals surface area contributed by atoms with E-state index in [9.17, 15) is 9.59 Å². The molecular formula is C18H21ClN4O2S. The molecule has 6 nitrogen and oxygen atoms in total. The number of benzene rings is 1. The van der Waals surface area contributed by atoms with E-state index in [0.717, 1.165) is 24.2 Å². The van der Waals surface area contributed by atoms with Gasteiger partial charge in [-0.2, -0.15) is 0 Å². The van der Waals surface area contributed by atoms with Crippen LogP contribution in [-0.2, 0) is 17.8 Å². The Bertz CT molecular complexity index is 869. The number of aromatic amines is 1. The monoisotopic (exact) mass is 392 g/mol. The van der Waals surface area contributed by atoms with Crippen molar-refractivity contribution >= 4 is 35.0 Å². The minimum absolute atomic E-state index is 0.113. The lowest BCUT2D eigenvalue weighted by Gasteiger charge is -2.30. The summed E-state index contributed by atoms with van der Waals surface area (Å²) in [5.41, 5.74) is 2.10. The first-order valence-corrected chi connectivity index (χ1v) is 9.83. The molecule has 1 aromatic carbocycles. The zero-order valence-corrected chi connectivity index (χ0v) is 16.3. The Morgan fingerprint density at radius 3 is 3.00 bits per heavy atom. The number of carbonyl (C=O) groups excluding carboxylic acids is 1. The smallest absolute Gasteiger partial charge is 0.256 e. The first kappa shape index (κ1) is 18.9. The van der Waals surface area contributed by atoms with Gasteiger partial charge >= 0.3 is 0 Å². The Kier molecular flexibility index (Phi) is 6.01. The van der Waals surface area contributed by atoms with Crippen molar-refractivity contribution in [1.82, 2.24) is 14.9 Å². The Morgan fingerprint density at radius 1 is 1.46 bits per heavy atom. The molecule has 1 aliphatic rings. The third-order valence-corrected chi connectivity index (χ3v) is 5.36. The summed E-state index contributed by atoms with van der Waals surface area (Å²) in [6.45, 7) is 5.75. The van der Waals surface area contributed by atoms with Crippen molar-refractivity contribution in [3.63, 3.8) is 0 Å². The maximum Gasteiger partial charge on any atom is 0.256 e. The molecule has 0 aliphatic carbocycles. The quantitative estimate of drug-likeness (QED) is 0.604. The average Bonchev–Trinajstić information content (AvgIpc) is 2.59. The Morgan fingerprint density at radius 2 is 2.27 bits per heavy atom. The van der Waals surface area contributed by atoms with E-state index in [4.69, 9.17) is 11.6 Å². The number of nitrogens with one attached hydrogen (secondary N) is 2. The van der Waals surface area contributed by atoms with E-state index in [1.165, 1.54) is 11.8 Å². The van der Waals surface area contributed by atoms with E-state index in [-0.39, 0.29) is 17.2 Å². The highest BCUT2D eigenvalue weighted by Crippen LogP contribution is 2.20. The lowest BCUT2D eigenvalue weighted by atomic mass is 10.1. The fourth-order valence-corrected chi connectivity index (χ4v) is 3.70. The highest BCUT2D eigenvalue weighted by molar-refractivity contribution is 7.99. The second kappa shape index (κ2) is 8.24. The van der Waals surface area contributed by atoms with Gasteiger partial charge in [-0.25, -0.2) is 4.98 Å². The highest BCUT2D eigenvalue weighted by atomic mass is 35.5. The minimum atomic E-state index is -0.177. The van der Waals surface area contributed by atoms with Crippen LogP contribution in [-0.4, -0.2) is 39.1 Å². The molecule has 0 spiro atoms. The van der Waals surface area contributed by atoms with Gasteiger partial charge in [0.15, 0.2) is 5.16 Å². The van der Waals surface area contributed by atoms with Crippen LogP contribution in [0, 0.1) is 0 Å². The topological polar surface area (TPSA) is 78.1 Å². The van der Waals surface area contributed by atoms with Crippen LogP contribution in [0.4, 0.5) is 5.69 Å². The van der Waals surface area contributed by atoms with Crippen molar-refractivity contribution < 1.29 is 4.79 Å². The standard InChI is InChI=1S/C18H21ClN4O2S/c1-11(2)23-7-6-15-14(9-23)17(25)22-18(21-15)26-10-16(24)20-13-5-3-4-12(19)8-13/h3-5,8,11H,6-7,9-10H2,1-2H3,(H,20,24)(H,21,22,25). The molecule has 2 N–H and O–H groups in total. The van der Waals surface area contributed by atoms with Crippen molar-refractivity contribution in [2.24, 2.45) is 0 Å². The second-order valence-corrected chi connectivity index (χ2v) is 7.86. The molecule has 2 heterocycles. The van der Waals surface area contributed by atoms with Crippen molar-refractivity contribution in [2.45, 2.75) is 38.0 Å². The van der Waals surface area contributed by atoms with Gasteiger partial charge in [-0.15, -0.1) is 0 Å². The van der Waals surface area contributed by atoms with Crippen LogP contribution in [0.2, 0.25) is 5.02 Å². The molecule has 8 heteroatoms. The molecule has 1 amide bonds. The number of fused-ring (bicyclic) bond motifs is 1.